The number of ether oxygens (including phenoxy) is 1. The number of methoxy groups -OCH3 is 1. The first-order valence-corrected chi connectivity index (χ1v) is 4.94. The highest BCUT2D eigenvalue weighted by molar-refractivity contribution is 4.86. The fourth-order valence-corrected chi connectivity index (χ4v) is 1.35. The molecule has 2 atom stereocenters. The van der Waals surface area contributed by atoms with E-state index in [0.717, 1.165) is 25.8 Å². The predicted octanol–water partition coefficient (Wildman–Crippen LogP) is 1.80. The van der Waals surface area contributed by atoms with Crippen molar-refractivity contribution in [3.05, 3.63) is 0 Å². The molecular formula is C11H21NO. The third-order valence-corrected chi connectivity index (χ3v) is 2.15. The Hall–Kier alpha value is -0.520. The smallest absolute Gasteiger partial charge is 0.0558 e. The van der Waals surface area contributed by atoms with E-state index < -0.39 is 0 Å². The van der Waals surface area contributed by atoms with Gasteiger partial charge in [0.05, 0.1) is 6.10 Å². The highest BCUT2D eigenvalue weighted by Gasteiger charge is 2.10. The van der Waals surface area contributed by atoms with Gasteiger partial charge in [0.2, 0.25) is 0 Å². The summed E-state index contributed by atoms with van der Waals surface area (Å²) in [7, 11) is 1.74. The van der Waals surface area contributed by atoms with Crippen molar-refractivity contribution in [3.8, 4) is 12.3 Å². The van der Waals surface area contributed by atoms with Crippen LogP contribution in [0.15, 0.2) is 0 Å². The second kappa shape index (κ2) is 8.10. The maximum Gasteiger partial charge on any atom is 0.0558 e. The van der Waals surface area contributed by atoms with Crippen LogP contribution < -0.4 is 5.32 Å². The van der Waals surface area contributed by atoms with Crippen LogP contribution in [-0.4, -0.2) is 25.8 Å². The summed E-state index contributed by atoms with van der Waals surface area (Å²) in [5, 5.41) is 3.41. The van der Waals surface area contributed by atoms with Crippen molar-refractivity contribution in [2.24, 2.45) is 0 Å². The Morgan fingerprint density at radius 2 is 2.23 bits per heavy atom. The quantitative estimate of drug-likeness (QED) is 0.608. The zero-order valence-corrected chi connectivity index (χ0v) is 8.97. The Morgan fingerprint density at radius 1 is 1.54 bits per heavy atom. The van der Waals surface area contributed by atoms with Crippen LogP contribution in [-0.2, 0) is 4.74 Å². The molecule has 0 saturated carbocycles. The molecule has 2 unspecified atom stereocenters. The Bertz CT molecular complexity index is 151. The highest BCUT2D eigenvalue weighted by Crippen LogP contribution is 2.06. The average Bonchev–Trinajstić information content (AvgIpc) is 2.14. The monoisotopic (exact) mass is 183 g/mol. The van der Waals surface area contributed by atoms with Gasteiger partial charge in [0, 0.05) is 19.6 Å². The Kier molecular flexibility index (Phi) is 7.77. The molecule has 0 amide bonds. The molecular weight excluding hydrogens is 162 g/mol. The number of rotatable bonds is 7. The number of hydrogen-bond donors (Lipinski definition) is 1. The van der Waals surface area contributed by atoms with Crippen LogP contribution >= 0.6 is 0 Å². The molecule has 13 heavy (non-hydrogen) atoms. The van der Waals surface area contributed by atoms with Gasteiger partial charge in [-0.25, -0.2) is 0 Å². The van der Waals surface area contributed by atoms with Crippen LogP contribution in [0.1, 0.15) is 33.1 Å². The zero-order valence-electron chi connectivity index (χ0n) is 8.97. The molecule has 0 saturated heterocycles. The summed E-state index contributed by atoms with van der Waals surface area (Å²) >= 11 is 0. The van der Waals surface area contributed by atoms with Gasteiger partial charge < -0.3 is 10.1 Å². The van der Waals surface area contributed by atoms with E-state index in [1.54, 1.807) is 7.11 Å². The van der Waals surface area contributed by atoms with Gasteiger partial charge >= 0.3 is 0 Å². The third-order valence-electron chi connectivity index (χ3n) is 2.15. The summed E-state index contributed by atoms with van der Waals surface area (Å²) in [6.45, 7) is 5.19. The lowest BCUT2D eigenvalue weighted by molar-refractivity contribution is 0.0997. The first kappa shape index (κ1) is 12.5. The van der Waals surface area contributed by atoms with E-state index in [1.165, 1.54) is 0 Å². The minimum Gasteiger partial charge on any atom is -0.382 e. The zero-order chi connectivity index (χ0) is 10.1. The van der Waals surface area contributed by atoms with Crippen molar-refractivity contribution >= 4 is 0 Å². The summed E-state index contributed by atoms with van der Waals surface area (Å²) in [5.74, 6) is 2.67. The van der Waals surface area contributed by atoms with Gasteiger partial charge in [-0.1, -0.05) is 6.92 Å². The fourth-order valence-electron chi connectivity index (χ4n) is 1.35. The topological polar surface area (TPSA) is 21.3 Å². The molecule has 0 aromatic rings. The minimum atomic E-state index is 0.307. The lowest BCUT2D eigenvalue weighted by Crippen LogP contribution is -2.32. The summed E-state index contributed by atoms with van der Waals surface area (Å²) in [5.41, 5.74) is 0. The highest BCUT2D eigenvalue weighted by atomic mass is 16.5. The lowest BCUT2D eigenvalue weighted by atomic mass is 10.1. The first-order chi connectivity index (χ1) is 6.24. The lowest BCUT2D eigenvalue weighted by Gasteiger charge is -2.20. The predicted molar refractivity (Wildman–Crippen MR) is 56.6 cm³/mol. The molecule has 0 radical (unpaired) electrons. The maximum atomic E-state index is 5.23. The van der Waals surface area contributed by atoms with Gasteiger partial charge in [-0.15, -0.1) is 12.3 Å². The summed E-state index contributed by atoms with van der Waals surface area (Å²) < 4.78 is 5.22. The van der Waals surface area contributed by atoms with Crippen molar-refractivity contribution < 1.29 is 4.74 Å². The Morgan fingerprint density at radius 3 is 2.69 bits per heavy atom. The second-order valence-corrected chi connectivity index (χ2v) is 3.28. The SMILES string of the molecule is C#CCCC(CC(C)OC)NCC. The van der Waals surface area contributed by atoms with Gasteiger partial charge in [0.25, 0.3) is 0 Å². The minimum absolute atomic E-state index is 0.307. The summed E-state index contributed by atoms with van der Waals surface area (Å²) in [4.78, 5) is 0. The molecule has 2 nitrogen and oxygen atoms in total. The van der Waals surface area contributed by atoms with Crippen LogP contribution in [0, 0.1) is 12.3 Å². The third kappa shape index (κ3) is 6.62. The molecule has 1 N–H and O–H groups in total. The van der Waals surface area contributed by atoms with Crippen LogP contribution in [0.2, 0.25) is 0 Å². The summed E-state index contributed by atoms with van der Waals surface area (Å²) in [6.07, 6.45) is 8.45. The standard InChI is InChI=1S/C11H21NO/c1-5-7-8-11(12-6-2)9-10(3)13-4/h1,10-12H,6-9H2,2-4H3. The molecule has 0 heterocycles. The Labute approximate surface area is 82.1 Å². The van der Waals surface area contributed by atoms with Crippen molar-refractivity contribution in [1.29, 1.82) is 0 Å². The molecule has 0 bridgehead atoms. The van der Waals surface area contributed by atoms with Crippen molar-refractivity contribution in [1.82, 2.24) is 5.32 Å². The molecule has 76 valence electrons. The number of terminal acetylenes is 1. The van der Waals surface area contributed by atoms with E-state index >= 15 is 0 Å². The number of nitrogens with one attached hydrogen (secondary N) is 1. The van der Waals surface area contributed by atoms with Crippen molar-refractivity contribution in [2.45, 2.75) is 45.3 Å². The molecule has 0 aromatic carbocycles. The van der Waals surface area contributed by atoms with Gasteiger partial charge in [-0.3, -0.25) is 0 Å². The molecule has 0 aliphatic heterocycles. The van der Waals surface area contributed by atoms with Crippen LogP contribution in [0.4, 0.5) is 0 Å². The Balaban J connectivity index is 3.73. The maximum absolute atomic E-state index is 5.23. The van der Waals surface area contributed by atoms with E-state index in [9.17, 15) is 0 Å². The molecule has 0 spiro atoms. The van der Waals surface area contributed by atoms with Gasteiger partial charge in [-0.05, 0) is 26.3 Å². The van der Waals surface area contributed by atoms with Gasteiger partial charge in [0.15, 0.2) is 0 Å². The van der Waals surface area contributed by atoms with Crippen LogP contribution in [0.3, 0.4) is 0 Å². The van der Waals surface area contributed by atoms with Crippen LogP contribution in [0.5, 0.6) is 0 Å². The molecule has 0 aromatic heterocycles. The number of hydrogen-bond acceptors (Lipinski definition) is 2. The largest absolute Gasteiger partial charge is 0.382 e. The van der Waals surface area contributed by atoms with E-state index in [4.69, 9.17) is 11.2 Å². The first-order valence-electron chi connectivity index (χ1n) is 4.94. The second-order valence-electron chi connectivity index (χ2n) is 3.28. The molecule has 2 heteroatoms. The molecule has 0 rings (SSSR count). The van der Waals surface area contributed by atoms with Gasteiger partial charge in [0.1, 0.15) is 0 Å². The van der Waals surface area contributed by atoms with Crippen molar-refractivity contribution in [3.63, 3.8) is 0 Å². The van der Waals surface area contributed by atoms with E-state index in [0.29, 0.717) is 12.1 Å². The van der Waals surface area contributed by atoms with Crippen LogP contribution in [0.25, 0.3) is 0 Å². The average molecular weight is 183 g/mol. The van der Waals surface area contributed by atoms with E-state index in [2.05, 4.69) is 25.1 Å². The van der Waals surface area contributed by atoms with Crippen molar-refractivity contribution in [2.75, 3.05) is 13.7 Å². The molecule has 0 aliphatic rings. The fraction of sp³-hybridized carbons (Fsp3) is 0.818. The normalized spacial score (nSPS) is 14.9. The van der Waals surface area contributed by atoms with E-state index in [-0.39, 0.29) is 0 Å². The summed E-state index contributed by atoms with van der Waals surface area (Å²) in [6, 6.07) is 0.496. The van der Waals surface area contributed by atoms with Gasteiger partial charge in [-0.2, -0.15) is 0 Å². The van der Waals surface area contributed by atoms with E-state index in [1.807, 2.05) is 0 Å². The molecule has 0 fully saturated rings. The molecule has 0 aliphatic carbocycles.